The Kier molecular flexibility index (Phi) is 6.04. The van der Waals surface area contributed by atoms with E-state index in [1.165, 1.54) is 23.0 Å². The number of nitrogens with one attached hydrogen (secondary N) is 1. The lowest BCUT2D eigenvalue weighted by Gasteiger charge is -2.32. The first-order valence-electron chi connectivity index (χ1n) is 10.6. The summed E-state index contributed by atoms with van der Waals surface area (Å²) >= 11 is 1.47. The van der Waals surface area contributed by atoms with Gasteiger partial charge in [-0.05, 0) is 46.1 Å². The molecule has 9 heteroatoms. The maximum absolute atomic E-state index is 12.9. The number of nitrogens with zero attached hydrogens (tertiary/aromatic N) is 5. The molecule has 0 aliphatic carbocycles. The van der Waals surface area contributed by atoms with Crippen LogP contribution in [0.3, 0.4) is 0 Å². The molecular weight excluding hydrogens is 412 g/mol. The van der Waals surface area contributed by atoms with Gasteiger partial charge < -0.3 is 9.88 Å². The Balaban J connectivity index is 1.39. The van der Waals surface area contributed by atoms with Crippen LogP contribution in [0.2, 0.25) is 0 Å². The molecule has 1 amide bonds. The van der Waals surface area contributed by atoms with Crippen molar-refractivity contribution in [1.29, 1.82) is 0 Å². The number of hydrogen-bond acceptors (Lipinski definition) is 6. The number of amides is 1. The molecule has 3 aromatic heterocycles. The van der Waals surface area contributed by atoms with Crippen molar-refractivity contribution < 1.29 is 4.79 Å². The average molecular weight is 441 g/mol. The molecule has 0 aromatic carbocycles. The molecule has 3 aromatic rings. The highest BCUT2D eigenvalue weighted by Gasteiger charge is 2.27. The summed E-state index contributed by atoms with van der Waals surface area (Å²) < 4.78 is 1.97. The third-order valence-corrected chi connectivity index (χ3v) is 7.02. The van der Waals surface area contributed by atoms with Gasteiger partial charge in [-0.1, -0.05) is 0 Å². The summed E-state index contributed by atoms with van der Waals surface area (Å²) in [6, 6.07) is 1.51. The van der Waals surface area contributed by atoms with Crippen LogP contribution in [-0.2, 0) is 4.79 Å². The Labute approximate surface area is 185 Å². The van der Waals surface area contributed by atoms with E-state index in [0.717, 1.165) is 29.2 Å². The van der Waals surface area contributed by atoms with Gasteiger partial charge in [-0.3, -0.25) is 14.3 Å². The van der Waals surface area contributed by atoms with Gasteiger partial charge in [0.2, 0.25) is 5.91 Å². The van der Waals surface area contributed by atoms with Crippen molar-refractivity contribution in [3.63, 3.8) is 0 Å². The number of carbonyl (C=O) groups excluding carboxylic acids is 1. The number of carbonyl (C=O) groups is 1. The maximum atomic E-state index is 12.9. The summed E-state index contributed by atoms with van der Waals surface area (Å²) in [5.41, 5.74) is 3.76. The van der Waals surface area contributed by atoms with Gasteiger partial charge in [0.25, 0.3) is 5.56 Å². The van der Waals surface area contributed by atoms with E-state index in [1.54, 1.807) is 6.20 Å². The van der Waals surface area contributed by atoms with Crippen LogP contribution < -0.4 is 5.56 Å². The van der Waals surface area contributed by atoms with E-state index in [4.69, 9.17) is 0 Å². The first-order valence-corrected chi connectivity index (χ1v) is 11.5. The smallest absolute Gasteiger partial charge is 0.251 e. The van der Waals surface area contributed by atoms with Crippen molar-refractivity contribution in [1.82, 2.24) is 29.6 Å². The van der Waals surface area contributed by atoms with Crippen molar-refractivity contribution in [2.24, 2.45) is 0 Å². The first-order chi connectivity index (χ1) is 14.8. The molecule has 164 valence electrons. The summed E-state index contributed by atoms with van der Waals surface area (Å²) in [5, 5.41) is 7.21. The van der Waals surface area contributed by atoms with E-state index in [1.807, 2.05) is 28.8 Å². The lowest BCUT2D eigenvalue weighted by Crippen LogP contribution is -2.39. The number of aromatic amines is 1. The lowest BCUT2D eigenvalue weighted by atomic mass is 9.95. The maximum Gasteiger partial charge on any atom is 0.251 e. The number of H-pyrrole nitrogens is 1. The Morgan fingerprint density at radius 1 is 1.29 bits per heavy atom. The van der Waals surface area contributed by atoms with Crippen LogP contribution in [0.15, 0.2) is 22.4 Å². The molecule has 0 radical (unpaired) electrons. The summed E-state index contributed by atoms with van der Waals surface area (Å²) in [6.07, 6.45) is 3.70. The summed E-state index contributed by atoms with van der Waals surface area (Å²) in [4.78, 5) is 38.8. The molecule has 1 aliphatic heterocycles. The molecule has 0 saturated carbocycles. The molecule has 31 heavy (non-hydrogen) atoms. The number of aromatic nitrogens is 5. The SMILES string of the molecule is Cc1nn(C(C)CC(=O)N2CCC(c3nc(-c4nccs4)cc(=O)[nH]3)CC2)c(C)c1C. The van der Waals surface area contributed by atoms with Gasteiger partial charge in [-0.25, -0.2) is 9.97 Å². The van der Waals surface area contributed by atoms with Gasteiger partial charge in [0.1, 0.15) is 16.5 Å². The average Bonchev–Trinajstić information content (AvgIpc) is 3.38. The standard InChI is InChI=1S/C22H28N6O2S/c1-13(28-16(4)14(2)15(3)26-28)11-20(30)27-8-5-17(6-9-27)21-24-18(12-19(29)25-21)22-23-7-10-31-22/h7,10,12-13,17H,5-6,8-9,11H2,1-4H3,(H,24,25,29). The van der Waals surface area contributed by atoms with Crippen molar-refractivity contribution in [2.75, 3.05) is 13.1 Å². The van der Waals surface area contributed by atoms with E-state index < -0.39 is 0 Å². The zero-order valence-corrected chi connectivity index (χ0v) is 19.2. The Hall–Kier alpha value is -2.81. The zero-order valence-electron chi connectivity index (χ0n) is 18.4. The molecule has 1 saturated heterocycles. The molecule has 1 fully saturated rings. The molecule has 4 heterocycles. The molecule has 0 spiro atoms. The minimum Gasteiger partial charge on any atom is -0.343 e. The van der Waals surface area contributed by atoms with Crippen LogP contribution in [0.4, 0.5) is 0 Å². The highest BCUT2D eigenvalue weighted by atomic mass is 32.1. The van der Waals surface area contributed by atoms with E-state index >= 15 is 0 Å². The lowest BCUT2D eigenvalue weighted by molar-refractivity contribution is -0.133. The van der Waals surface area contributed by atoms with Crippen LogP contribution in [0.5, 0.6) is 0 Å². The third-order valence-electron chi connectivity index (χ3n) is 6.22. The normalized spacial score (nSPS) is 15.9. The Morgan fingerprint density at radius 2 is 2.03 bits per heavy atom. The van der Waals surface area contributed by atoms with Crippen LogP contribution in [0, 0.1) is 20.8 Å². The number of likely N-dealkylation sites (tertiary alicyclic amines) is 1. The number of piperidine rings is 1. The summed E-state index contributed by atoms with van der Waals surface area (Å²) in [6.45, 7) is 9.49. The summed E-state index contributed by atoms with van der Waals surface area (Å²) in [7, 11) is 0. The van der Waals surface area contributed by atoms with Crippen molar-refractivity contribution in [2.45, 2.75) is 58.9 Å². The first kappa shape index (κ1) is 21.4. The predicted molar refractivity (Wildman–Crippen MR) is 120 cm³/mol. The van der Waals surface area contributed by atoms with E-state index in [0.29, 0.717) is 31.0 Å². The molecule has 8 nitrogen and oxygen atoms in total. The molecule has 1 aliphatic rings. The second-order valence-corrected chi connectivity index (χ2v) is 9.20. The molecule has 4 rings (SSSR count). The van der Waals surface area contributed by atoms with Gasteiger partial charge in [0.15, 0.2) is 0 Å². The Bertz CT molecular complexity index is 1130. The topological polar surface area (TPSA) is 96.8 Å². The van der Waals surface area contributed by atoms with Gasteiger partial charge in [0, 0.05) is 48.8 Å². The van der Waals surface area contributed by atoms with Gasteiger partial charge in [-0.15, -0.1) is 11.3 Å². The second kappa shape index (κ2) is 8.74. The van der Waals surface area contributed by atoms with Gasteiger partial charge >= 0.3 is 0 Å². The number of aryl methyl sites for hydroxylation is 1. The highest BCUT2D eigenvalue weighted by molar-refractivity contribution is 7.13. The van der Waals surface area contributed by atoms with Crippen LogP contribution >= 0.6 is 11.3 Å². The molecule has 1 atom stereocenters. The van der Waals surface area contributed by atoms with Crippen molar-refractivity contribution in [3.8, 4) is 10.7 Å². The van der Waals surface area contributed by atoms with Crippen molar-refractivity contribution in [3.05, 3.63) is 50.8 Å². The quantitative estimate of drug-likeness (QED) is 0.656. The molecule has 1 unspecified atom stereocenters. The zero-order chi connectivity index (χ0) is 22.1. The van der Waals surface area contributed by atoms with Crippen LogP contribution in [0.25, 0.3) is 10.7 Å². The van der Waals surface area contributed by atoms with Gasteiger partial charge in [0.05, 0.1) is 11.7 Å². The second-order valence-electron chi connectivity index (χ2n) is 8.30. The van der Waals surface area contributed by atoms with Crippen molar-refractivity contribution >= 4 is 17.2 Å². The minimum absolute atomic E-state index is 0.0191. The molecule has 0 bridgehead atoms. The molecule has 1 N–H and O–H groups in total. The number of hydrogen-bond donors (Lipinski definition) is 1. The van der Waals surface area contributed by atoms with Crippen LogP contribution in [-0.4, -0.2) is 48.6 Å². The fourth-order valence-corrected chi connectivity index (χ4v) is 4.77. The minimum atomic E-state index is -0.164. The van der Waals surface area contributed by atoms with E-state index in [2.05, 4.69) is 33.9 Å². The number of rotatable bonds is 5. The summed E-state index contributed by atoms with van der Waals surface area (Å²) in [5.74, 6) is 0.971. The molecular formula is C22H28N6O2S. The number of thiazole rings is 1. The fourth-order valence-electron chi connectivity index (χ4n) is 4.17. The van der Waals surface area contributed by atoms with E-state index in [-0.39, 0.29) is 23.4 Å². The van der Waals surface area contributed by atoms with E-state index in [9.17, 15) is 9.59 Å². The van der Waals surface area contributed by atoms with Gasteiger partial charge in [-0.2, -0.15) is 5.10 Å². The monoisotopic (exact) mass is 440 g/mol. The predicted octanol–water partition coefficient (Wildman–Crippen LogP) is 3.37. The third kappa shape index (κ3) is 4.46. The van der Waals surface area contributed by atoms with Crippen LogP contribution in [0.1, 0.15) is 60.9 Å². The highest BCUT2D eigenvalue weighted by Crippen LogP contribution is 2.28. The Morgan fingerprint density at radius 3 is 2.65 bits per heavy atom. The largest absolute Gasteiger partial charge is 0.343 e. The fraction of sp³-hybridized carbons (Fsp3) is 0.500.